The van der Waals surface area contributed by atoms with Gasteiger partial charge in [0.25, 0.3) is 5.78 Å². The van der Waals surface area contributed by atoms with Crippen molar-refractivity contribution in [2.45, 2.75) is 46.2 Å². The molecule has 0 aliphatic carbocycles. The van der Waals surface area contributed by atoms with Crippen LogP contribution < -0.4 is 5.32 Å². The van der Waals surface area contributed by atoms with Crippen molar-refractivity contribution in [3.63, 3.8) is 0 Å². The molecule has 0 atom stereocenters. The molecule has 0 unspecified atom stereocenters. The van der Waals surface area contributed by atoms with E-state index in [4.69, 9.17) is 0 Å². The highest BCUT2D eigenvalue weighted by molar-refractivity contribution is 7.99. The number of hydrogen-bond donors (Lipinski definition) is 1. The van der Waals surface area contributed by atoms with E-state index in [1.807, 2.05) is 39.8 Å². The second-order valence-corrected chi connectivity index (χ2v) is 9.13. The molecule has 0 radical (unpaired) electrons. The highest BCUT2D eigenvalue weighted by atomic mass is 32.2. The number of nitrogens with one attached hydrogen (secondary N) is 1. The third-order valence-electron chi connectivity index (χ3n) is 5.52. The number of carbonyl (C=O) groups is 1. The number of amides is 1. The van der Waals surface area contributed by atoms with Crippen LogP contribution in [0.4, 0.5) is 5.69 Å². The standard InChI is InChI=1S/C25H27N5OS/c1-15-6-9-20(10-7-15)13-21-18(4)26-24-28-25(29-30(24)19(21)5)32-14-23(31)27-22-11-8-16(2)12-17(22)3/h6-12H,13-14H2,1-5H3,(H,27,31). The molecule has 6 nitrogen and oxygen atoms in total. The van der Waals surface area contributed by atoms with E-state index < -0.39 is 0 Å². The smallest absolute Gasteiger partial charge is 0.253 e. The van der Waals surface area contributed by atoms with Crippen LogP contribution in [0.1, 0.15) is 39.2 Å². The number of nitrogens with zero attached hydrogens (tertiary/aromatic N) is 4. The summed E-state index contributed by atoms with van der Waals surface area (Å²) in [5.74, 6) is 0.713. The van der Waals surface area contributed by atoms with Crippen molar-refractivity contribution in [3.05, 3.63) is 81.7 Å². The molecular formula is C25H27N5OS. The number of anilines is 1. The van der Waals surface area contributed by atoms with Crippen molar-refractivity contribution >= 4 is 29.1 Å². The summed E-state index contributed by atoms with van der Waals surface area (Å²) in [6.45, 7) is 10.2. The van der Waals surface area contributed by atoms with Gasteiger partial charge in [0.1, 0.15) is 0 Å². The Kier molecular flexibility index (Phi) is 6.28. The number of carbonyl (C=O) groups excluding carboxylic acids is 1. The van der Waals surface area contributed by atoms with Gasteiger partial charge < -0.3 is 5.32 Å². The fraction of sp³-hybridized carbons (Fsp3) is 0.280. The van der Waals surface area contributed by atoms with Gasteiger partial charge in [0.05, 0.1) is 5.75 Å². The fourth-order valence-corrected chi connectivity index (χ4v) is 4.31. The minimum atomic E-state index is -0.0817. The van der Waals surface area contributed by atoms with E-state index in [0.29, 0.717) is 10.9 Å². The minimum absolute atomic E-state index is 0.0817. The lowest BCUT2D eigenvalue weighted by molar-refractivity contribution is -0.113. The number of fused-ring (bicyclic) bond motifs is 1. The van der Waals surface area contributed by atoms with Crippen LogP contribution >= 0.6 is 11.8 Å². The number of benzene rings is 2. The van der Waals surface area contributed by atoms with Crippen LogP contribution in [0.3, 0.4) is 0 Å². The summed E-state index contributed by atoms with van der Waals surface area (Å²) >= 11 is 1.31. The van der Waals surface area contributed by atoms with Crippen molar-refractivity contribution in [2.24, 2.45) is 0 Å². The van der Waals surface area contributed by atoms with E-state index in [1.165, 1.54) is 28.5 Å². The van der Waals surface area contributed by atoms with Crippen LogP contribution in [0.5, 0.6) is 0 Å². The predicted molar refractivity (Wildman–Crippen MR) is 130 cm³/mol. The highest BCUT2D eigenvalue weighted by Gasteiger charge is 2.15. The maximum Gasteiger partial charge on any atom is 0.253 e. The molecule has 1 N–H and O–H groups in total. The molecule has 2 aromatic carbocycles. The summed E-state index contributed by atoms with van der Waals surface area (Å²) in [7, 11) is 0. The number of rotatable bonds is 6. The summed E-state index contributed by atoms with van der Waals surface area (Å²) in [5.41, 5.74) is 8.65. The van der Waals surface area contributed by atoms with Gasteiger partial charge in [-0.15, -0.1) is 5.10 Å². The monoisotopic (exact) mass is 445 g/mol. The van der Waals surface area contributed by atoms with E-state index in [1.54, 1.807) is 4.52 Å². The molecule has 7 heteroatoms. The van der Waals surface area contributed by atoms with Crippen LogP contribution in [0.25, 0.3) is 5.78 Å². The SMILES string of the molecule is Cc1ccc(Cc2c(C)nc3nc(SCC(=O)Nc4ccc(C)cc4C)nn3c2C)cc1. The quantitative estimate of drug-likeness (QED) is 0.424. The van der Waals surface area contributed by atoms with Crippen molar-refractivity contribution in [2.75, 3.05) is 11.1 Å². The molecule has 2 heterocycles. The molecule has 0 bridgehead atoms. The van der Waals surface area contributed by atoms with Gasteiger partial charge in [-0.2, -0.15) is 4.98 Å². The molecule has 164 valence electrons. The summed E-state index contributed by atoms with van der Waals surface area (Å²) in [4.78, 5) is 21.6. The van der Waals surface area contributed by atoms with Crippen molar-refractivity contribution in [1.82, 2.24) is 19.6 Å². The molecule has 32 heavy (non-hydrogen) atoms. The lowest BCUT2D eigenvalue weighted by atomic mass is 10.0. The third-order valence-corrected chi connectivity index (χ3v) is 6.36. The molecular weight excluding hydrogens is 418 g/mol. The van der Waals surface area contributed by atoms with Crippen LogP contribution in [-0.4, -0.2) is 31.2 Å². The molecule has 1 amide bonds. The Hall–Kier alpha value is -3.19. The van der Waals surface area contributed by atoms with Gasteiger partial charge in [0, 0.05) is 23.5 Å². The lowest BCUT2D eigenvalue weighted by Crippen LogP contribution is -2.15. The van der Waals surface area contributed by atoms with E-state index in [-0.39, 0.29) is 11.7 Å². The van der Waals surface area contributed by atoms with Gasteiger partial charge in [-0.05, 0) is 57.4 Å². The molecule has 0 saturated carbocycles. The van der Waals surface area contributed by atoms with E-state index in [0.717, 1.165) is 34.6 Å². The maximum atomic E-state index is 12.4. The van der Waals surface area contributed by atoms with Crippen LogP contribution in [0.15, 0.2) is 47.6 Å². The fourth-order valence-electron chi connectivity index (χ4n) is 3.69. The average molecular weight is 446 g/mol. The first kappa shape index (κ1) is 22.0. The molecule has 0 aliphatic heterocycles. The number of hydrogen-bond acceptors (Lipinski definition) is 5. The van der Waals surface area contributed by atoms with Gasteiger partial charge >= 0.3 is 0 Å². The third kappa shape index (κ3) is 4.83. The Morgan fingerprint density at radius 2 is 1.69 bits per heavy atom. The van der Waals surface area contributed by atoms with Gasteiger partial charge in [-0.25, -0.2) is 9.50 Å². The molecule has 4 aromatic rings. The number of thioether (sulfide) groups is 1. The zero-order valence-corrected chi connectivity index (χ0v) is 19.9. The Balaban J connectivity index is 1.49. The minimum Gasteiger partial charge on any atom is -0.325 e. The summed E-state index contributed by atoms with van der Waals surface area (Å²) in [6, 6.07) is 14.5. The Morgan fingerprint density at radius 3 is 2.41 bits per heavy atom. The maximum absolute atomic E-state index is 12.4. The topological polar surface area (TPSA) is 72.2 Å². The first-order chi connectivity index (χ1) is 15.3. The number of aromatic nitrogens is 4. The van der Waals surface area contributed by atoms with Gasteiger partial charge in [0.2, 0.25) is 11.1 Å². The average Bonchev–Trinajstić information content (AvgIpc) is 3.16. The summed E-state index contributed by atoms with van der Waals surface area (Å²) < 4.78 is 1.78. The molecule has 0 aliphatic rings. The molecule has 2 aromatic heterocycles. The van der Waals surface area contributed by atoms with Crippen molar-refractivity contribution in [3.8, 4) is 0 Å². The van der Waals surface area contributed by atoms with Crippen molar-refractivity contribution < 1.29 is 4.79 Å². The van der Waals surface area contributed by atoms with Crippen molar-refractivity contribution in [1.29, 1.82) is 0 Å². The second kappa shape index (κ2) is 9.12. The van der Waals surface area contributed by atoms with Crippen LogP contribution in [0.2, 0.25) is 0 Å². The Bertz CT molecular complexity index is 1290. The summed E-state index contributed by atoms with van der Waals surface area (Å²) in [5, 5.41) is 8.11. The summed E-state index contributed by atoms with van der Waals surface area (Å²) in [6.07, 6.45) is 0.793. The normalized spacial score (nSPS) is 11.2. The van der Waals surface area contributed by atoms with Gasteiger partial charge in [0.15, 0.2) is 0 Å². The van der Waals surface area contributed by atoms with Gasteiger partial charge in [-0.3, -0.25) is 4.79 Å². The molecule has 4 rings (SSSR count). The van der Waals surface area contributed by atoms with E-state index >= 15 is 0 Å². The molecule has 0 saturated heterocycles. The molecule has 0 fully saturated rings. The largest absolute Gasteiger partial charge is 0.325 e. The zero-order valence-electron chi connectivity index (χ0n) is 19.1. The van der Waals surface area contributed by atoms with Crippen LogP contribution in [-0.2, 0) is 11.2 Å². The first-order valence-corrected chi connectivity index (χ1v) is 11.6. The second-order valence-electron chi connectivity index (χ2n) is 8.18. The molecule has 0 spiro atoms. The Labute approximate surface area is 192 Å². The van der Waals surface area contributed by atoms with E-state index in [9.17, 15) is 4.79 Å². The van der Waals surface area contributed by atoms with Gasteiger partial charge in [-0.1, -0.05) is 59.3 Å². The number of aryl methyl sites for hydroxylation is 5. The first-order valence-electron chi connectivity index (χ1n) is 10.6. The Morgan fingerprint density at radius 1 is 0.969 bits per heavy atom. The lowest BCUT2D eigenvalue weighted by Gasteiger charge is -2.10. The van der Waals surface area contributed by atoms with Crippen LogP contribution in [0, 0.1) is 34.6 Å². The zero-order chi connectivity index (χ0) is 22.8. The predicted octanol–water partition coefficient (Wildman–Crippen LogP) is 4.99. The highest BCUT2D eigenvalue weighted by Crippen LogP contribution is 2.22. The van der Waals surface area contributed by atoms with E-state index in [2.05, 4.69) is 57.6 Å².